The molecule has 0 saturated carbocycles. The number of rotatable bonds is 3. The molecule has 19 heavy (non-hydrogen) atoms. The first-order valence-electron chi connectivity index (χ1n) is 5.91. The Kier molecular flexibility index (Phi) is 6.58. The van der Waals surface area contributed by atoms with Crippen LogP contribution in [-0.4, -0.2) is 26.8 Å². The Balaban J connectivity index is 0.000000399. The predicted octanol–water partition coefficient (Wildman–Crippen LogP) is 3.24. The van der Waals surface area contributed by atoms with Crippen LogP contribution in [0.15, 0.2) is 0 Å². The van der Waals surface area contributed by atoms with Crippen LogP contribution in [0.25, 0.3) is 0 Å². The summed E-state index contributed by atoms with van der Waals surface area (Å²) < 4.78 is 34.0. The summed E-state index contributed by atoms with van der Waals surface area (Å²) in [6.45, 7) is 9.63. The number of hydrogen-bond donors (Lipinski definition) is 1. The molecule has 1 N–H and O–H groups in total. The SMILES string of the molecule is CCCCn1c(C)nc(C)c1C.O=C(O)C(F)(F)F. The van der Waals surface area contributed by atoms with Crippen molar-refractivity contribution in [3.63, 3.8) is 0 Å². The number of alkyl halides is 3. The van der Waals surface area contributed by atoms with Gasteiger partial charge < -0.3 is 9.67 Å². The number of aromatic nitrogens is 2. The van der Waals surface area contributed by atoms with E-state index in [-0.39, 0.29) is 0 Å². The molecule has 0 spiro atoms. The molecular formula is C12H19F3N2O2. The topological polar surface area (TPSA) is 55.1 Å². The van der Waals surface area contributed by atoms with Gasteiger partial charge >= 0.3 is 12.1 Å². The summed E-state index contributed by atoms with van der Waals surface area (Å²) in [5.41, 5.74) is 2.49. The molecular weight excluding hydrogens is 261 g/mol. The van der Waals surface area contributed by atoms with Gasteiger partial charge in [-0.1, -0.05) is 13.3 Å². The van der Waals surface area contributed by atoms with Crippen LogP contribution in [0.4, 0.5) is 13.2 Å². The Bertz CT molecular complexity index is 425. The lowest BCUT2D eigenvalue weighted by Crippen LogP contribution is -2.21. The molecule has 1 aromatic heterocycles. The van der Waals surface area contributed by atoms with Crippen molar-refractivity contribution in [2.24, 2.45) is 0 Å². The van der Waals surface area contributed by atoms with Gasteiger partial charge in [0.05, 0.1) is 5.69 Å². The molecule has 0 radical (unpaired) electrons. The van der Waals surface area contributed by atoms with Gasteiger partial charge in [-0.2, -0.15) is 13.2 Å². The van der Waals surface area contributed by atoms with Crippen molar-refractivity contribution in [3.05, 3.63) is 17.2 Å². The second-order valence-electron chi connectivity index (χ2n) is 4.14. The van der Waals surface area contributed by atoms with Crippen molar-refractivity contribution in [2.75, 3.05) is 0 Å². The molecule has 1 aromatic rings. The van der Waals surface area contributed by atoms with Crippen LogP contribution in [0, 0.1) is 20.8 Å². The van der Waals surface area contributed by atoms with Crippen molar-refractivity contribution in [1.29, 1.82) is 0 Å². The van der Waals surface area contributed by atoms with Crippen molar-refractivity contribution in [3.8, 4) is 0 Å². The number of aryl methyl sites for hydroxylation is 2. The molecule has 0 aliphatic heterocycles. The smallest absolute Gasteiger partial charge is 0.475 e. The zero-order chi connectivity index (χ0) is 15.2. The Morgan fingerprint density at radius 3 is 2.05 bits per heavy atom. The lowest BCUT2D eigenvalue weighted by atomic mass is 10.3. The largest absolute Gasteiger partial charge is 0.490 e. The van der Waals surface area contributed by atoms with Crippen molar-refractivity contribution in [1.82, 2.24) is 9.55 Å². The van der Waals surface area contributed by atoms with Crippen LogP contribution >= 0.6 is 0 Å². The maximum absolute atomic E-state index is 10.6. The highest BCUT2D eigenvalue weighted by Gasteiger charge is 2.38. The number of carboxylic acid groups (broad SMARTS) is 1. The van der Waals surface area contributed by atoms with Gasteiger partial charge in [0, 0.05) is 12.2 Å². The molecule has 0 aliphatic rings. The van der Waals surface area contributed by atoms with Crippen molar-refractivity contribution >= 4 is 5.97 Å². The summed E-state index contributed by atoms with van der Waals surface area (Å²) in [7, 11) is 0. The monoisotopic (exact) mass is 280 g/mol. The summed E-state index contributed by atoms with van der Waals surface area (Å²) >= 11 is 0. The number of carboxylic acids is 1. The minimum Gasteiger partial charge on any atom is -0.475 e. The van der Waals surface area contributed by atoms with E-state index < -0.39 is 12.1 Å². The highest BCUT2D eigenvalue weighted by atomic mass is 19.4. The molecule has 0 fully saturated rings. The summed E-state index contributed by atoms with van der Waals surface area (Å²) in [6.07, 6.45) is -2.59. The van der Waals surface area contributed by atoms with Gasteiger partial charge in [-0.3, -0.25) is 0 Å². The molecule has 1 rings (SSSR count). The van der Waals surface area contributed by atoms with E-state index in [1.54, 1.807) is 0 Å². The Morgan fingerprint density at radius 2 is 1.79 bits per heavy atom. The normalized spacial score (nSPS) is 10.9. The number of halogens is 3. The van der Waals surface area contributed by atoms with E-state index in [9.17, 15) is 13.2 Å². The maximum Gasteiger partial charge on any atom is 0.490 e. The van der Waals surface area contributed by atoms with Crippen LogP contribution in [0.1, 0.15) is 37.0 Å². The third-order valence-corrected chi connectivity index (χ3v) is 2.63. The molecule has 110 valence electrons. The predicted molar refractivity (Wildman–Crippen MR) is 65.0 cm³/mol. The highest BCUT2D eigenvalue weighted by Crippen LogP contribution is 2.13. The zero-order valence-corrected chi connectivity index (χ0v) is 11.5. The van der Waals surface area contributed by atoms with Gasteiger partial charge in [-0.25, -0.2) is 9.78 Å². The Hall–Kier alpha value is -1.53. The van der Waals surface area contributed by atoms with E-state index in [0.29, 0.717) is 0 Å². The fraction of sp³-hybridized carbons (Fsp3) is 0.667. The molecule has 0 atom stereocenters. The Morgan fingerprint density at radius 1 is 1.32 bits per heavy atom. The summed E-state index contributed by atoms with van der Waals surface area (Å²) in [5, 5.41) is 7.12. The molecule has 0 unspecified atom stereocenters. The third-order valence-electron chi connectivity index (χ3n) is 2.63. The van der Waals surface area contributed by atoms with Gasteiger partial charge in [-0.15, -0.1) is 0 Å². The minimum atomic E-state index is -5.08. The van der Waals surface area contributed by atoms with Crippen LogP contribution in [-0.2, 0) is 11.3 Å². The molecule has 0 aromatic carbocycles. The first kappa shape index (κ1) is 17.5. The Labute approximate surface area is 110 Å². The number of imidazole rings is 1. The molecule has 0 aliphatic carbocycles. The quantitative estimate of drug-likeness (QED) is 0.924. The third kappa shape index (κ3) is 5.76. The molecule has 7 heteroatoms. The molecule has 0 amide bonds. The van der Waals surface area contributed by atoms with Crippen molar-refractivity contribution in [2.45, 2.75) is 53.3 Å². The lowest BCUT2D eigenvalue weighted by molar-refractivity contribution is -0.192. The van der Waals surface area contributed by atoms with Gasteiger partial charge in [0.25, 0.3) is 0 Å². The number of unbranched alkanes of at least 4 members (excludes halogenated alkanes) is 1. The lowest BCUT2D eigenvalue weighted by Gasteiger charge is -2.05. The second kappa shape index (κ2) is 7.16. The molecule has 4 nitrogen and oxygen atoms in total. The summed E-state index contributed by atoms with van der Waals surface area (Å²) in [4.78, 5) is 13.3. The number of carbonyl (C=O) groups is 1. The number of nitrogens with zero attached hydrogens (tertiary/aromatic N) is 2. The summed E-state index contributed by atoms with van der Waals surface area (Å²) in [6, 6.07) is 0. The molecule has 0 bridgehead atoms. The first-order valence-corrected chi connectivity index (χ1v) is 5.91. The minimum absolute atomic E-state index is 1.12. The van der Waals surface area contributed by atoms with E-state index in [0.717, 1.165) is 12.4 Å². The van der Waals surface area contributed by atoms with Crippen LogP contribution in [0.2, 0.25) is 0 Å². The van der Waals surface area contributed by atoms with Gasteiger partial charge in [0.1, 0.15) is 5.82 Å². The second-order valence-corrected chi connectivity index (χ2v) is 4.14. The standard InChI is InChI=1S/C10H18N2.C2HF3O2/c1-5-6-7-12-9(3)8(2)11-10(12)4;3-2(4,5)1(6)7/h5-7H2,1-4H3;(H,6,7). The fourth-order valence-electron chi connectivity index (χ4n) is 1.47. The average molecular weight is 280 g/mol. The fourth-order valence-corrected chi connectivity index (χ4v) is 1.47. The van der Waals surface area contributed by atoms with Gasteiger partial charge in [0.15, 0.2) is 0 Å². The van der Waals surface area contributed by atoms with Crippen LogP contribution in [0.5, 0.6) is 0 Å². The van der Waals surface area contributed by atoms with Crippen LogP contribution in [0.3, 0.4) is 0 Å². The van der Waals surface area contributed by atoms with Crippen molar-refractivity contribution < 1.29 is 23.1 Å². The molecule has 0 saturated heterocycles. The average Bonchev–Trinajstić information content (AvgIpc) is 2.51. The zero-order valence-electron chi connectivity index (χ0n) is 11.5. The highest BCUT2D eigenvalue weighted by molar-refractivity contribution is 5.73. The van der Waals surface area contributed by atoms with Gasteiger partial charge in [0.2, 0.25) is 0 Å². The molecule has 1 heterocycles. The van der Waals surface area contributed by atoms with E-state index in [1.807, 2.05) is 0 Å². The van der Waals surface area contributed by atoms with E-state index in [2.05, 4.69) is 37.2 Å². The van der Waals surface area contributed by atoms with E-state index in [1.165, 1.54) is 24.2 Å². The van der Waals surface area contributed by atoms with Crippen LogP contribution < -0.4 is 0 Å². The summed E-state index contributed by atoms with van der Waals surface area (Å²) in [5.74, 6) is -1.61. The number of hydrogen-bond acceptors (Lipinski definition) is 2. The van der Waals surface area contributed by atoms with Gasteiger partial charge in [-0.05, 0) is 27.2 Å². The maximum atomic E-state index is 10.6. The van der Waals surface area contributed by atoms with E-state index in [4.69, 9.17) is 9.90 Å². The first-order chi connectivity index (χ1) is 8.61. The number of aliphatic carboxylic acids is 1. The van der Waals surface area contributed by atoms with E-state index >= 15 is 0 Å².